The van der Waals surface area contributed by atoms with E-state index in [-0.39, 0.29) is 25.2 Å². The number of ether oxygens (including phenoxy) is 2. The summed E-state index contributed by atoms with van der Waals surface area (Å²) >= 11 is 0. The Labute approximate surface area is 204 Å². The fourth-order valence-corrected chi connectivity index (χ4v) is 5.04. The van der Waals surface area contributed by atoms with Crippen LogP contribution in [0.2, 0.25) is 0 Å². The SMILES string of the molecule is Cc1ccccc1CO[P@@](=O)(CO[C@H](C)Cn1cnc2c(N)ncnc21)N[C@@H](C)C(=O)OC(C)C. The zero-order chi connectivity index (χ0) is 25.6. The van der Waals surface area contributed by atoms with Crippen molar-refractivity contribution in [2.24, 2.45) is 0 Å². The first-order valence-electron chi connectivity index (χ1n) is 11.4. The topological polar surface area (TPSA) is 143 Å². The Hall–Kier alpha value is -2.85. The van der Waals surface area contributed by atoms with Crippen LogP contribution in [0.1, 0.15) is 38.8 Å². The second kappa shape index (κ2) is 11.7. The average Bonchev–Trinajstić information content (AvgIpc) is 3.21. The van der Waals surface area contributed by atoms with Gasteiger partial charge < -0.3 is 24.3 Å². The molecule has 0 bridgehead atoms. The molecule has 190 valence electrons. The zero-order valence-electron chi connectivity index (χ0n) is 20.7. The van der Waals surface area contributed by atoms with Crippen molar-refractivity contribution in [1.82, 2.24) is 24.6 Å². The van der Waals surface area contributed by atoms with Crippen molar-refractivity contribution in [1.29, 1.82) is 0 Å². The highest BCUT2D eigenvalue weighted by Gasteiger charge is 2.31. The van der Waals surface area contributed by atoms with E-state index in [0.29, 0.717) is 23.5 Å². The van der Waals surface area contributed by atoms with Gasteiger partial charge in [-0.15, -0.1) is 0 Å². The molecule has 3 N–H and O–H groups in total. The van der Waals surface area contributed by atoms with Gasteiger partial charge in [-0.05, 0) is 45.7 Å². The third-order valence-electron chi connectivity index (χ3n) is 5.20. The molecule has 0 radical (unpaired) electrons. The Morgan fingerprint density at radius 2 is 1.91 bits per heavy atom. The minimum Gasteiger partial charge on any atom is -0.462 e. The number of benzene rings is 1. The van der Waals surface area contributed by atoms with Crippen LogP contribution < -0.4 is 10.8 Å². The predicted octanol–water partition coefficient (Wildman–Crippen LogP) is 3.42. The molecule has 11 nitrogen and oxygen atoms in total. The number of hydrogen-bond donors (Lipinski definition) is 2. The molecule has 0 aliphatic carbocycles. The van der Waals surface area contributed by atoms with Crippen molar-refractivity contribution in [2.45, 2.75) is 66.0 Å². The van der Waals surface area contributed by atoms with Gasteiger partial charge in [0, 0.05) is 0 Å². The number of aromatic nitrogens is 4. The fraction of sp³-hybridized carbons (Fsp3) is 0.478. The maximum Gasteiger partial charge on any atom is 0.323 e. The number of imidazole rings is 1. The highest BCUT2D eigenvalue weighted by Crippen LogP contribution is 2.44. The lowest BCUT2D eigenvalue weighted by molar-refractivity contribution is -0.149. The van der Waals surface area contributed by atoms with Crippen molar-refractivity contribution in [2.75, 3.05) is 12.1 Å². The second-order valence-electron chi connectivity index (χ2n) is 8.64. The summed E-state index contributed by atoms with van der Waals surface area (Å²) in [4.78, 5) is 24.7. The fourth-order valence-electron chi connectivity index (χ4n) is 3.33. The van der Waals surface area contributed by atoms with Crippen molar-refractivity contribution < 1.29 is 23.4 Å². The molecule has 1 aromatic carbocycles. The lowest BCUT2D eigenvalue weighted by Crippen LogP contribution is -2.36. The summed E-state index contributed by atoms with van der Waals surface area (Å²) in [7, 11) is -3.60. The van der Waals surface area contributed by atoms with Crippen LogP contribution >= 0.6 is 7.52 Å². The number of carbonyl (C=O) groups excluding carboxylic acids is 1. The third kappa shape index (κ3) is 7.32. The largest absolute Gasteiger partial charge is 0.462 e. The first kappa shape index (κ1) is 26.7. The Morgan fingerprint density at radius 3 is 2.63 bits per heavy atom. The van der Waals surface area contributed by atoms with Crippen LogP contribution in [0.15, 0.2) is 36.9 Å². The number of fused-ring (bicyclic) bond motifs is 1. The molecule has 2 heterocycles. The molecule has 0 fully saturated rings. The first-order chi connectivity index (χ1) is 16.6. The summed E-state index contributed by atoms with van der Waals surface area (Å²) < 4.78 is 32.5. The van der Waals surface area contributed by atoms with Crippen molar-refractivity contribution in [3.8, 4) is 0 Å². The van der Waals surface area contributed by atoms with Gasteiger partial charge >= 0.3 is 5.97 Å². The summed E-state index contributed by atoms with van der Waals surface area (Å²) in [5, 5.41) is 2.82. The minimum absolute atomic E-state index is 0.100. The number of nitrogen functional groups attached to an aromatic ring is 1. The zero-order valence-corrected chi connectivity index (χ0v) is 21.6. The summed E-state index contributed by atoms with van der Waals surface area (Å²) in [6, 6.07) is 6.80. The molecular weight excluding hydrogens is 471 g/mol. The van der Waals surface area contributed by atoms with E-state index in [9.17, 15) is 9.36 Å². The number of carbonyl (C=O) groups is 1. The van der Waals surface area contributed by atoms with Crippen molar-refractivity contribution in [3.05, 3.63) is 48.0 Å². The van der Waals surface area contributed by atoms with E-state index >= 15 is 0 Å². The normalized spacial score (nSPS) is 15.1. The molecule has 0 aliphatic rings. The minimum atomic E-state index is -3.60. The summed E-state index contributed by atoms with van der Waals surface area (Å²) in [5.74, 6) is -0.224. The lowest BCUT2D eigenvalue weighted by Gasteiger charge is -2.25. The number of nitrogens with one attached hydrogen (secondary N) is 1. The van der Waals surface area contributed by atoms with Crippen molar-refractivity contribution in [3.63, 3.8) is 0 Å². The number of aryl methyl sites for hydroxylation is 1. The maximum absolute atomic E-state index is 13.7. The molecule has 3 aromatic rings. The van der Waals surface area contributed by atoms with E-state index in [1.165, 1.54) is 6.33 Å². The van der Waals surface area contributed by atoms with Gasteiger partial charge in [-0.1, -0.05) is 24.3 Å². The quantitative estimate of drug-likeness (QED) is 0.278. The molecule has 0 spiro atoms. The van der Waals surface area contributed by atoms with Gasteiger partial charge in [0.25, 0.3) is 7.52 Å². The number of anilines is 1. The van der Waals surface area contributed by atoms with E-state index in [2.05, 4.69) is 20.0 Å². The van der Waals surface area contributed by atoms with Gasteiger partial charge in [0.1, 0.15) is 24.2 Å². The molecule has 0 aliphatic heterocycles. The van der Waals surface area contributed by atoms with Gasteiger partial charge in [-0.2, -0.15) is 0 Å². The molecule has 0 saturated carbocycles. The Kier molecular flexibility index (Phi) is 8.96. The molecule has 12 heteroatoms. The highest BCUT2D eigenvalue weighted by atomic mass is 31.2. The first-order valence-corrected chi connectivity index (χ1v) is 13.2. The average molecular weight is 505 g/mol. The van der Waals surface area contributed by atoms with Crippen LogP contribution in [-0.2, 0) is 36.5 Å². The van der Waals surface area contributed by atoms with Crippen LogP contribution in [0.25, 0.3) is 11.2 Å². The van der Waals surface area contributed by atoms with Crippen LogP contribution in [0, 0.1) is 6.92 Å². The molecule has 0 unspecified atom stereocenters. The van der Waals surface area contributed by atoms with Gasteiger partial charge in [0.2, 0.25) is 0 Å². The van der Waals surface area contributed by atoms with Crippen LogP contribution in [0.5, 0.6) is 0 Å². The molecule has 0 saturated heterocycles. The molecule has 2 aromatic heterocycles. The monoisotopic (exact) mass is 504 g/mol. The standard InChI is InChI=1S/C23H33N6O5P/c1-15(2)34-23(30)18(5)28-35(31,33-11-19-9-7-6-8-16(19)3)14-32-17(4)10-29-13-27-20-21(24)25-12-26-22(20)29/h6-9,12-13,15,17-18H,10-11,14H2,1-5H3,(H,28,31)(H2,24,25,26)/t17-,18+,35+/m1/s1. The molecule has 3 atom stereocenters. The molecule has 0 amide bonds. The van der Waals surface area contributed by atoms with E-state index in [1.54, 1.807) is 31.7 Å². The third-order valence-corrected chi connectivity index (χ3v) is 7.01. The lowest BCUT2D eigenvalue weighted by atomic mass is 10.1. The van der Waals surface area contributed by atoms with Gasteiger partial charge in [0.15, 0.2) is 11.5 Å². The van der Waals surface area contributed by atoms with Crippen LogP contribution in [-0.4, -0.2) is 50.1 Å². The molecule has 3 rings (SSSR count). The van der Waals surface area contributed by atoms with E-state index in [0.717, 1.165) is 11.1 Å². The number of nitrogens with two attached hydrogens (primary N) is 1. The summed E-state index contributed by atoms with van der Waals surface area (Å²) in [6.07, 6.45) is 2.06. The molecule has 35 heavy (non-hydrogen) atoms. The van der Waals surface area contributed by atoms with Gasteiger partial charge in [-0.3, -0.25) is 9.36 Å². The van der Waals surface area contributed by atoms with E-state index in [1.807, 2.05) is 38.1 Å². The van der Waals surface area contributed by atoms with Gasteiger partial charge in [0.05, 0.1) is 31.7 Å². The highest BCUT2D eigenvalue weighted by molar-refractivity contribution is 7.56. The smallest absolute Gasteiger partial charge is 0.323 e. The van der Waals surface area contributed by atoms with E-state index < -0.39 is 19.5 Å². The van der Waals surface area contributed by atoms with Crippen LogP contribution in [0.4, 0.5) is 5.82 Å². The van der Waals surface area contributed by atoms with Gasteiger partial charge in [-0.25, -0.2) is 20.0 Å². The Morgan fingerprint density at radius 1 is 1.17 bits per heavy atom. The summed E-state index contributed by atoms with van der Waals surface area (Å²) in [5.41, 5.74) is 8.83. The number of rotatable bonds is 12. The Bertz CT molecular complexity index is 1200. The number of hydrogen-bond acceptors (Lipinski definition) is 9. The molecular formula is C23H33N6O5P. The van der Waals surface area contributed by atoms with Crippen molar-refractivity contribution >= 4 is 30.5 Å². The Balaban J connectivity index is 1.69. The number of esters is 1. The second-order valence-corrected chi connectivity index (χ2v) is 10.8. The maximum atomic E-state index is 13.7. The predicted molar refractivity (Wildman–Crippen MR) is 133 cm³/mol. The van der Waals surface area contributed by atoms with Crippen LogP contribution in [0.3, 0.4) is 0 Å². The van der Waals surface area contributed by atoms with E-state index in [4.69, 9.17) is 19.7 Å². The summed E-state index contributed by atoms with van der Waals surface area (Å²) in [6.45, 7) is 9.35. The number of nitrogens with zero attached hydrogens (tertiary/aromatic N) is 4.